The molecule has 1 N–H and O–H groups in total. The number of ether oxygens (including phenoxy) is 1. The zero-order chi connectivity index (χ0) is 20.6. The van der Waals surface area contributed by atoms with Crippen LogP contribution in [0.3, 0.4) is 0 Å². The highest BCUT2D eigenvalue weighted by Crippen LogP contribution is 2.28. The van der Waals surface area contributed by atoms with E-state index in [4.69, 9.17) is 4.74 Å². The lowest BCUT2D eigenvalue weighted by Crippen LogP contribution is -2.35. The molecule has 3 heterocycles. The van der Waals surface area contributed by atoms with Crippen LogP contribution < -0.4 is 10.3 Å². The minimum Gasteiger partial charge on any atom is -0.497 e. The van der Waals surface area contributed by atoms with Crippen molar-refractivity contribution in [2.24, 2.45) is 0 Å². The quantitative estimate of drug-likeness (QED) is 0.614. The van der Waals surface area contributed by atoms with Crippen molar-refractivity contribution in [1.29, 1.82) is 0 Å². The molecule has 0 saturated heterocycles. The third-order valence-electron chi connectivity index (χ3n) is 4.75. The van der Waals surface area contributed by atoms with Gasteiger partial charge in [0.2, 0.25) is 15.0 Å². The SMILES string of the molecule is COc1ccc(-c2ncc(CN3CCc4nc(S(C)(=O)=O)[nH]c(=O)c4C3)s2)cc1. The maximum atomic E-state index is 12.4. The van der Waals surface area contributed by atoms with Crippen LogP contribution in [0.1, 0.15) is 16.1 Å². The number of fused-ring (bicyclic) bond motifs is 1. The van der Waals surface area contributed by atoms with Crippen molar-refractivity contribution < 1.29 is 13.2 Å². The molecule has 29 heavy (non-hydrogen) atoms. The number of hydrogen-bond acceptors (Lipinski definition) is 8. The Balaban J connectivity index is 1.50. The van der Waals surface area contributed by atoms with E-state index < -0.39 is 9.84 Å². The smallest absolute Gasteiger partial charge is 0.256 e. The Morgan fingerprint density at radius 1 is 1.28 bits per heavy atom. The Morgan fingerprint density at radius 3 is 2.72 bits per heavy atom. The number of aromatic amines is 1. The Hall–Kier alpha value is -2.56. The second kappa shape index (κ2) is 7.69. The van der Waals surface area contributed by atoms with Gasteiger partial charge in [-0.2, -0.15) is 0 Å². The summed E-state index contributed by atoms with van der Waals surface area (Å²) in [5.41, 5.74) is 1.74. The molecule has 1 aliphatic rings. The highest BCUT2D eigenvalue weighted by Gasteiger charge is 2.24. The highest BCUT2D eigenvalue weighted by molar-refractivity contribution is 7.90. The number of methoxy groups -OCH3 is 1. The fourth-order valence-electron chi connectivity index (χ4n) is 3.24. The molecule has 1 aliphatic heterocycles. The van der Waals surface area contributed by atoms with Gasteiger partial charge < -0.3 is 4.74 Å². The maximum absolute atomic E-state index is 12.4. The molecule has 2 aromatic heterocycles. The Bertz CT molecular complexity index is 1200. The van der Waals surface area contributed by atoms with E-state index in [2.05, 4.69) is 19.9 Å². The summed E-state index contributed by atoms with van der Waals surface area (Å²) >= 11 is 1.61. The van der Waals surface area contributed by atoms with Gasteiger partial charge in [0.1, 0.15) is 10.8 Å². The molecule has 0 amide bonds. The van der Waals surface area contributed by atoms with Crippen molar-refractivity contribution in [2.45, 2.75) is 24.7 Å². The first-order valence-electron chi connectivity index (χ1n) is 8.97. The van der Waals surface area contributed by atoms with Gasteiger partial charge in [0, 0.05) is 48.9 Å². The zero-order valence-electron chi connectivity index (χ0n) is 16.0. The Labute approximate surface area is 172 Å². The molecule has 3 aromatic rings. The van der Waals surface area contributed by atoms with Crippen molar-refractivity contribution in [3.05, 3.63) is 57.0 Å². The summed E-state index contributed by atoms with van der Waals surface area (Å²) in [6.45, 7) is 1.79. The third kappa shape index (κ3) is 4.24. The molecule has 4 rings (SSSR count). The average molecular weight is 433 g/mol. The minimum absolute atomic E-state index is 0.263. The van der Waals surface area contributed by atoms with Gasteiger partial charge in [0.25, 0.3) is 5.56 Å². The fraction of sp³-hybridized carbons (Fsp3) is 0.316. The number of nitrogens with zero attached hydrogens (tertiary/aromatic N) is 3. The number of rotatable bonds is 5. The van der Waals surface area contributed by atoms with Crippen LogP contribution in [-0.4, -0.2) is 48.2 Å². The molecule has 0 spiro atoms. The number of nitrogens with one attached hydrogen (secondary N) is 1. The van der Waals surface area contributed by atoms with Crippen LogP contribution in [0.5, 0.6) is 5.75 Å². The molecule has 8 nitrogen and oxygen atoms in total. The van der Waals surface area contributed by atoms with Crippen LogP contribution in [0.25, 0.3) is 10.6 Å². The van der Waals surface area contributed by atoms with Gasteiger partial charge >= 0.3 is 0 Å². The topological polar surface area (TPSA) is 105 Å². The lowest BCUT2D eigenvalue weighted by Gasteiger charge is -2.26. The predicted molar refractivity (Wildman–Crippen MR) is 110 cm³/mol. The summed E-state index contributed by atoms with van der Waals surface area (Å²) in [4.78, 5) is 26.7. The van der Waals surface area contributed by atoms with E-state index in [-0.39, 0.29) is 10.7 Å². The second-order valence-corrected chi connectivity index (χ2v) is 9.94. The molecule has 0 bridgehead atoms. The van der Waals surface area contributed by atoms with Crippen LogP contribution in [0.2, 0.25) is 0 Å². The summed E-state index contributed by atoms with van der Waals surface area (Å²) in [5, 5.41) is 0.665. The molecule has 0 atom stereocenters. The zero-order valence-corrected chi connectivity index (χ0v) is 17.6. The molecule has 1 aromatic carbocycles. The lowest BCUT2D eigenvalue weighted by molar-refractivity contribution is 0.243. The monoisotopic (exact) mass is 432 g/mol. The van der Waals surface area contributed by atoms with E-state index in [9.17, 15) is 13.2 Å². The number of sulfone groups is 1. The molecule has 0 fully saturated rings. The first-order chi connectivity index (χ1) is 13.8. The van der Waals surface area contributed by atoms with E-state index in [1.54, 1.807) is 18.4 Å². The molecule has 0 aliphatic carbocycles. The summed E-state index contributed by atoms with van der Waals surface area (Å²) in [7, 11) is -1.91. The Morgan fingerprint density at radius 2 is 2.03 bits per heavy atom. The summed E-state index contributed by atoms with van der Waals surface area (Å²) in [5.74, 6) is 0.801. The molecule has 152 valence electrons. The van der Waals surface area contributed by atoms with Crippen LogP contribution in [0, 0.1) is 0 Å². The number of hydrogen-bond donors (Lipinski definition) is 1. The number of benzene rings is 1. The second-order valence-electron chi connectivity index (χ2n) is 6.89. The van der Waals surface area contributed by atoms with Gasteiger partial charge in [-0.25, -0.2) is 18.4 Å². The maximum Gasteiger partial charge on any atom is 0.256 e. The minimum atomic E-state index is -3.54. The standard InChI is InChI=1S/C19H20N4O4S2/c1-27-13-5-3-12(4-6-13)18-20-9-14(28-18)10-23-8-7-16-15(11-23)17(24)22-19(21-16)29(2,25)26/h3-6,9H,7-8,10-11H2,1-2H3,(H,21,22,24). The summed E-state index contributed by atoms with van der Waals surface area (Å²) < 4.78 is 28.5. The average Bonchev–Trinajstić information content (AvgIpc) is 3.16. The predicted octanol–water partition coefficient (Wildman–Crippen LogP) is 1.86. The number of H-pyrrole nitrogens is 1. The van der Waals surface area contributed by atoms with Crippen LogP contribution in [0.4, 0.5) is 0 Å². The normalized spacial score (nSPS) is 14.6. The molecular formula is C19H20N4O4S2. The van der Waals surface area contributed by atoms with Crippen molar-refractivity contribution >= 4 is 21.2 Å². The fourth-order valence-corrected chi connectivity index (χ4v) is 4.75. The first kappa shape index (κ1) is 19.7. The van der Waals surface area contributed by atoms with Gasteiger partial charge in [0.15, 0.2) is 0 Å². The number of aromatic nitrogens is 3. The van der Waals surface area contributed by atoms with Gasteiger partial charge in [-0.3, -0.25) is 14.7 Å². The van der Waals surface area contributed by atoms with Gasteiger partial charge in [-0.15, -0.1) is 11.3 Å². The van der Waals surface area contributed by atoms with E-state index in [1.807, 2.05) is 30.5 Å². The number of thiazole rings is 1. The van der Waals surface area contributed by atoms with Crippen LogP contribution >= 0.6 is 11.3 Å². The summed E-state index contributed by atoms with van der Waals surface area (Å²) in [6.07, 6.45) is 3.43. The van der Waals surface area contributed by atoms with Crippen molar-refractivity contribution in [3.8, 4) is 16.3 Å². The van der Waals surface area contributed by atoms with Crippen LogP contribution in [0.15, 0.2) is 40.4 Å². The van der Waals surface area contributed by atoms with E-state index >= 15 is 0 Å². The van der Waals surface area contributed by atoms with Crippen molar-refractivity contribution in [2.75, 3.05) is 19.9 Å². The van der Waals surface area contributed by atoms with Crippen LogP contribution in [-0.2, 0) is 29.3 Å². The van der Waals surface area contributed by atoms with Gasteiger partial charge in [0.05, 0.1) is 18.4 Å². The van der Waals surface area contributed by atoms with Crippen molar-refractivity contribution in [1.82, 2.24) is 19.9 Å². The van der Waals surface area contributed by atoms with Gasteiger partial charge in [-0.1, -0.05) is 0 Å². The lowest BCUT2D eigenvalue weighted by atomic mass is 10.1. The molecular weight excluding hydrogens is 412 g/mol. The largest absolute Gasteiger partial charge is 0.497 e. The molecule has 0 saturated carbocycles. The van der Waals surface area contributed by atoms with E-state index in [1.165, 1.54) is 0 Å². The van der Waals surface area contributed by atoms with E-state index in [0.717, 1.165) is 27.5 Å². The highest BCUT2D eigenvalue weighted by atomic mass is 32.2. The van der Waals surface area contributed by atoms with Crippen molar-refractivity contribution in [3.63, 3.8) is 0 Å². The molecule has 10 heteroatoms. The Kier molecular flexibility index (Phi) is 5.24. The first-order valence-corrected chi connectivity index (χ1v) is 11.7. The molecule has 0 radical (unpaired) electrons. The third-order valence-corrected chi connectivity index (χ3v) is 6.67. The summed E-state index contributed by atoms with van der Waals surface area (Å²) in [6, 6.07) is 7.76. The van der Waals surface area contributed by atoms with Gasteiger partial charge in [-0.05, 0) is 24.3 Å². The van der Waals surface area contributed by atoms with E-state index in [0.29, 0.717) is 37.3 Å². The molecule has 0 unspecified atom stereocenters.